The van der Waals surface area contributed by atoms with Gasteiger partial charge in [0.05, 0.1) is 11.2 Å². The molecular formula is C23H30N4. The van der Waals surface area contributed by atoms with Crippen LogP contribution in [-0.4, -0.2) is 35.5 Å². The maximum absolute atomic E-state index is 4.85. The predicted octanol–water partition coefficient (Wildman–Crippen LogP) is 4.20. The van der Waals surface area contributed by atoms with Crippen LogP contribution >= 0.6 is 0 Å². The van der Waals surface area contributed by atoms with Gasteiger partial charge >= 0.3 is 0 Å². The summed E-state index contributed by atoms with van der Waals surface area (Å²) in [6, 6.07) is 18.5. The molecule has 4 rings (SSSR count). The summed E-state index contributed by atoms with van der Waals surface area (Å²) in [7, 11) is 0. The third-order valence-corrected chi connectivity index (χ3v) is 5.54. The highest BCUT2D eigenvalue weighted by molar-refractivity contribution is 5.85. The average Bonchev–Trinajstić information content (AvgIpc) is 3.07. The van der Waals surface area contributed by atoms with Crippen molar-refractivity contribution in [2.24, 2.45) is 0 Å². The molecule has 142 valence electrons. The molecule has 2 aromatic carbocycles. The standard InChI is InChI=1S/C23H30N4/c1-4-22-21-11-10-20(15-23(21)27(25-22)17(2)3)26-13-12-24-19(16-26)14-18-8-6-5-7-9-18/h5-11,15,17,19,24H,4,12-14,16H2,1-3H3/t19-/m0/s1. The van der Waals surface area contributed by atoms with Crippen molar-refractivity contribution >= 4 is 16.6 Å². The highest BCUT2D eigenvalue weighted by Gasteiger charge is 2.21. The van der Waals surface area contributed by atoms with Gasteiger partial charge in [-0.15, -0.1) is 0 Å². The van der Waals surface area contributed by atoms with Gasteiger partial charge in [0.2, 0.25) is 0 Å². The zero-order valence-electron chi connectivity index (χ0n) is 16.7. The molecular weight excluding hydrogens is 332 g/mol. The van der Waals surface area contributed by atoms with E-state index in [1.54, 1.807) is 0 Å². The van der Waals surface area contributed by atoms with Crippen molar-refractivity contribution in [1.82, 2.24) is 15.1 Å². The minimum Gasteiger partial charge on any atom is -0.369 e. The van der Waals surface area contributed by atoms with Gasteiger partial charge in [0.1, 0.15) is 0 Å². The Morgan fingerprint density at radius 2 is 1.96 bits per heavy atom. The summed E-state index contributed by atoms with van der Waals surface area (Å²) in [6.07, 6.45) is 2.05. The first-order valence-electron chi connectivity index (χ1n) is 10.2. The highest BCUT2D eigenvalue weighted by atomic mass is 15.3. The van der Waals surface area contributed by atoms with Gasteiger partial charge in [-0.25, -0.2) is 0 Å². The predicted molar refractivity (Wildman–Crippen MR) is 114 cm³/mol. The van der Waals surface area contributed by atoms with Crippen LogP contribution in [0.2, 0.25) is 0 Å². The van der Waals surface area contributed by atoms with E-state index < -0.39 is 0 Å². The van der Waals surface area contributed by atoms with Crippen LogP contribution in [0.1, 0.15) is 38.1 Å². The molecule has 1 fully saturated rings. The lowest BCUT2D eigenvalue weighted by Crippen LogP contribution is -2.51. The number of hydrogen-bond acceptors (Lipinski definition) is 3. The topological polar surface area (TPSA) is 33.1 Å². The Morgan fingerprint density at radius 3 is 2.70 bits per heavy atom. The Labute approximate surface area is 162 Å². The van der Waals surface area contributed by atoms with Gasteiger partial charge in [-0.2, -0.15) is 5.10 Å². The first kappa shape index (κ1) is 18.1. The minimum atomic E-state index is 0.372. The molecule has 0 spiro atoms. The molecule has 4 nitrogen and oxygen atoms in total. The van der Waals surface area contributed by atoms with Gasteiger partial charge in [-0.05, 0) is 50.5 Å². The van der Waals surface area contributed by atoms with Crippen LogP contribution in [0.25, 0.3) is 10.9 Å². The Bertz CT molecular complexity index is 897. The molecule has 3 aromatic rings. The summed E-state index contributed by atoms with van der Waals surface area (Å²) in [4.78, 5) is 2.52. The number of aryl methyl sites for hydroxylation is 1. The van der Waals surface area contributed by atoms with Crippen LogP contribution in [0, 0.1) is 0 Å². The molecule has 0 saturated carbocycles. The minimum absolute atomic E-state index is 0.372. The van der Waals surface area contributed by atoms with Crippen LogP contribution in [0.3, 0.4) is 0 Å². The van der Waals surface area contributed by atoms with E-state index in [9.17, 15) is 0 Å². The van der Waals surface area contributed by atoms with Crippen molar-refractivity contribution in [3.8, 4) is 0 Å². The molecule has 1 aromatic heterocycles. The third-order valence-electron chi connectivity index (χ3n) is 5.54. The van der Waals surface area contributed by atoms with E-state index in [0.717, 1.165) is 32.5 Å². The largest absolute Gasteiger partial charge is 0.369 e. The molecule has 1 aliphatic heterocycles. The molecule has 0 bridgehead atoms. The average molecular weight is 363 g/mol. The summed E-state index contributed by atoms with van der Waals surface area (Å²) in [5.41, 5.74) is 5.18. The number of fused-ring (bicyclic) bond motifs is 1. The van der Waals surface area contributed by atoms with Crippen LogP contribution in [0.4, 0.5) is 5.69 Å². The third kappa shape index (κ3) is 3.72. The Kier molecular flexibility index (Phi) is 5.17. The van der Waals surface area contributed by atoms with Gasteiger partial charge in [0, 0.05) is 42.8 Å². The first-order valence-corrected chi connectivity index (χ1v) is 10.2. The molecule has 27 heavy (non-hydrogen) atoms. The number of benzene rings is 2. The van der Waals surface area contributed by atoms with Crippen molar-refractivity contribution in [2.75, 3.05) is 24.5 Å². The zero-order valence-corrected chi connectivity index (χ0v) is 16.7. The molecule has 0 amide bonds. The zero-order chi connectivity index (χ0) is 18.8. The molecule has 0 unspecified atom stereocenters. The van der Waals surface area contributed by atoms with E-state index in [1.807, 2.05) is 0 Å². The number of nitrogens with zero attached hydrogens (tertiary/aromatic N) is 3. The second-order valence-corrected chi connectivity index (χ2v) is 7.83. The number of anilines is 1. The molecule has 1 saturated heterocycles. The van der Waals surface area contributed by atoms with E-state index in [-0.39, 0.29) is 0 Å². The summed E-state index contributed by atoms with van der Waals surface area (Å²) in [6.45, 7) is 9.71. The lowest BCUT2D eigenvalue weighted by atomic mass is 10.0. The summed E-state index contributed by atoms with van der Waals surface area (Å²) >= 11 is 0. The maximum Gasteiger partial charge on any atom is 0.0709 e. The molecule has 1 N–H and O–H groups in total. The van der Waals surface area contributed by atoms with Crippen molar-refractivity contribution in [3.63, 3.8) is 0 Å². The number of piperazine rings is 1. The lowest BCUT2D eigenvalue weighted by molar-refractivity contribution is 0.455. The monoisotopic (exact) mass is 362 g/mol. The smallest absolute Gasteiger partial charge is 0.0709 e. The fraction of sp³-hybridized carbons (Fsp3) is 0.435. The van der Waals surface area contributed by atoms with Crippen molar-refractivity contribution < 1.29 is 0 Å². The Hall–Kier alpha value is -2.33. The van der Waals surface area contributed by atoms with Crippen LogP contribution in [0.5, 0.6) is 0 Å². The lowest BCUT2D eigenvalue weighted by Gasteiger charge is -2.35. The summed E-state index contributed by atoms with van der Waals surface area (Å²) < 4.78 is 2.18. The second-order valence-electron chi connectivity index (χ2n) is 7.83. The maximum atomic E-state index is 4.85. The molecule has 4 heteroatoms. The normalized spacial score (nSPS) is 17.8. The van der Waals surface area contributed by atoms with E-state index in [4.69, 9.17) is 5.10 Å². The fourth-order valence-electron chi connectivity index (χ4n) is 4.14. The van der Waals surface area contributed by atoms with Gasteiger partial charge in [0.15, 0.2) is 0 Å². The van der Waals surface area contributed by atoms with Crippen molar-refractivity contribution in [1.29, 1.82) is 0 Å². The highest BCUT2D eigenvalue weighted by Crippen LogP contribution is 2.28. The molecule has 0 aliphatic carbocycles. The number of rotatable bonds is 5. The van der Waals surface area contributed by atoms with Gasteiger partial charge < -0.3 is 10.2 Å². The SMILES string of the molecule is CCc1nn(C(C)C)c2cc(N3CCN[C@@H](Cc4ccccc4)C3)ccc12. The summed E-state index contributed by atoms with van der Waals surface area (Å²) in [5.74, 6) is 0. The number of aromatic nitrogens is 2. The second kappa shape index (κ2) is 7.73. The van der Waals surface area contributed by atoms with E-state index in [1.165, 1.54) is 27.8 Å². The number of nitrogens with one attached hydrogen (secondary N) is 1. The molecule has 0 radical (unpaired) electrons. The van der Waals surface area contributed by atoms with Crippen LogP contribution in [0.15, 0.2) is 48.5 Å². The Balaban J connectivity index is 1.58. The number of hydrogen-bond donors (Lipinski definition) is 1. The van der Waals surface area contributed by atoms with Crippen molar-refractivity contribution in [2.45, 2.75) is 45.7 Å². The fourth-order valence-corrected chi connectivity index (χ4v) is 4.14. The summed E-state index contributed by atoms with van der Waals surface area (Å²) in [5, 5.41) is 9.84. The Morgan fingerprint density at radius 1 is 1.15 bits per heavy atom. The van der Waals surface area contributed by atoms with E-state index >= 15 is 0 Å². The molecule has 1 atom stereocenters. The quantitative estimate of drug-likeness (QED) is 0.738. The van der Waals surface area contributed by atoms with Gasteiger partial charge in [-0.3, -0.25) is 4.68 Å². The van der Waals surface area contributed by atoms with Crippen LogP contribution in [-0.2, 0) is 12.8 Å². The van der Waals surface area contributed by atoms with E-state index in [0.29, 0.717) is 12.1 Å². The molecule has 2 heterocycles. The van der Waals surface area contributed by atoms with E-state index in [2.05, 4.69) is 84.2 Å². The first-order chi connectivity index (χ1) is 13.2. The van der Waals surface area contributed by atoms with Gasteiger partial charge in [-0.1, -0.05) is 37.3 Å². The molecule has 1 aliphatic rings. The van der Waals surface area contributed by atoms with Crippen LogP contribution < -0.4 is 10.2 Å². The van der Waals surface area contributed by atoms with Gasteiger partial charge in [0.25, 0.3) is 0 Å². The van der Waals surface area contributed by atoms with Crippen molar-refractivity contribution in [3.05, 3.63) is 59.8 Å².